The number of thioether (sulfide) groups is 1. The van der Waals surface area contributed by atoms with Gasteiger partial charge in [0.05, 0.1) is 5.75 Å². The number of hydrogen-bond acceptors (Lipinski definition) is 3. The van der Waals surface area contributed by atoms with Crippen molar-refractivity contribution < 1.29 is 4.79 Å². The Balaban J connectivity index is 1.30. The highest BCUT2D eigenvalue weighted by Crippen LogP contribution is 2.28. The molecule has 0 spiro atoms. The first-order valence-electron chi connectivity index (χ1n) is 10.2. The maximum Gasteiger partial charge on any atom is 0.233 e. The summed E-state index contributed by atoms with van der Waals surface area (Å²) in [7, 11) is 0. The van der Waals surface area contributed by atoms with Gasteiger partial charge in [0.15, 0.2) is 5.16 Å². The number of aryl methyl sites for hydroxylation is 2. The van der Waals surface area contributed by atoms with Crippen molar-refractivity contribution in [3.8, 4) is 5.69 Å². The molecule has 6 heteroatoms. The molecule has 1 aliphatic rings. The molecule has 0 aliphatic carbocycles. The smallest absolute Gasteiger partial charge is 0.233 e. The van der Waals surface area contributed by atoms with Crippen LogP contribution in [-0.4, -0.2) is 37.6 Å². The van der Waals surface area contributed by atoms with Gasteiger partial charge in [-0.3, -0.25) is 9.36 Å². The summed E-state index contributed by atoms with van der Waals surface area (Å²) in [5.41, 5.74) is 7.19. The number of aromatic amines is 1. The lowest BCUT2D eigenvalue weighted by atomic mass is 10.0. The first-order valence-corrected chi connectivity index (χ1v) is 11.2. The average Bonchev–Trinajstić information content (AvgIpc) is 3.35. The van der Waals surface area contributed by atoms with E-state index in [-0.39, 0.29) is 5.91 Å². The number of H-pyrrole nitrogens is 1. The van der Waals surface area contributed by atoms with Crippen LogP contribution in [0.3, 0.4) is 0 Å². The zero-order chi connectivity index (χ0) is 20.7. The molecule has 1 aliphatic heterocycles. The highest BCUT2D eigenvalue weighted by atomic mass is 32.2. The van der Waals surface area contributed by atoms with E-state index < -0.39 is 0 Å². The highest BCUT2D eigenvalue weighted by Gasteiger charge is 2.24. The van der Waals surface area contributed by atoms with E-state index in [9.17, 15) is 4.79 Å². The molecule has 2 aromatic carbocycles. The van der Waals surface area contributed by atoms with Crippen molar-refractivity contribution in [2.75, 3.05) is 12.3 Å². The predicted octanol–water partition coefficient (Wildman–Crippen LogP) is 4.65. The molecule has 5 nitrogen and oxygen atoms in total. The Bertz CT molecular complexity index is 1220. The van der Waals surface area contributed by atoms with Crippen LogP contribution in [0.5, 0.6) is 0 Å². The Morgan fingerprint density at radius 1 is 1.17 bits per heavy atom. The number of carbonyl (C=O) groups excluding carboxylic acids is 1. The normalized spacial score (nSPS) is 13.6. The average molecular weight is 417 g/mol. The van der Waals surface area contributed by atoms with Crippen LogP contribution in [0, 0.1) is 13.8 Å². The first kappa shape index (κ1) is 19.0. The van der Waals surface area contributed by atoms with Crippen LogP contribution in [0.1, 0.15) is 22.4 Å². The molecule has 0 saturated heterocycles. The third-order valence-corrected chi connectivity index (χ3v) is 6.60. The van der Waals surface area contributed by atoms with E-state index in [1.807, 2.05) is 17.2 Å². The molecule has 30 heavy (non-hydrogen) atoms. The third-order valence-electron chi connectivity index (χ3n) is 5.65. The summed E-state index contributed by atoms with van der Waals surface area (Å²) in [6, 6.07) is 14.8. The number of aromatic nitrogens is 3. The van der Waals surface area contributed by atoms with Gasteiger partial charge in [0, 0.05) is 59.8 Å². The van der Waals surface area contributed by atoms with Gasteiger partial charge in [-0.15, -0.1) is 0 Å². The van der Waals surface area contributed by atoms with E-state index >= 15 is 0 Å². The fourth-order valence-corrected chi connectivity index (χ4v) is 5.16. The predicted molar refractivity (Wildman–Crippen MR) is 121 cm³/mol. The van der Waals surface area contributed by atoms with Crippen molar-refractivity contribution in [2.45, 2.75) is 32.0 Å². The molecular formula is C24H24N4OS. The summed E-state index contributed by atoms with van der Waals surface area (Å²) in [6.07, 6.45) is 4.63. The lowest BCUT2D eigenvalue weighted by Gasteiger charge is -2.27. The van der Waals surface area contributed by atoms with Crippen molar-refractivity contribution in [3.05, 3.63) is 77.2 Å². The number of carbonyl (C=O) groups is 1. The molecule has 1 N–H and O–H groups in total. The lowest BCUT2D eigenvalue weighted by Crippen LogP contribution is -2.36. The number of imidazole rings is 1. The van der Waals surface area contributed by atoms with Crippen molar-refractivity contribution in [2.24, 2.45) is 0 Å². The number of para-hydroxylation sites is 1. The van der Waals surface area contributed by atoms with Crippen LogP contribution < -0.4 is 0 Å². The minimum atomic E-state index is 0.158. The molecule has 152 valence electrons. The zero-order valence-corrected chi connectivity index (χ0v) is 18.0. The van der Waals surface area contributed by atoms with Crippen LogP contribution in [0.25, 0.3) is 16.6 Å². The van der Waals surface area contributed by atoms with Crippen molar-refractivity contribution in [3.63, 3.8) is 0 Å². The number of rotatable bonds is 4. The summed E-state index contributed by atoms with van der Waals surface area (Å²) >= 11 is 1.50. The van der Waals surface area contributed by atoms with Gasteiger partial charge in [-0.05, 0) is 43.2 Å². The van der Waals surface area contributed by atoms with E-state index in [1.54, 1.807) is 6.20 Å². The summed E-state index contributed by atoms with van der Waals surface area (Å²) in [4.78, 5) is 22.9. The number of benzene rings is 2. The second-order valence-corrected chi connectivity index (χ2v) is 8.85. The topological polar surface area (TPSA) is 53.9 Å². The number of amides is 1. The van der Waals surface area contributed by atoms with Crippen molar-refractivity contribution >= 4 is 28.6 Å². The molecule has 3 heterocycles. The van der Waals surface area contributed by atoms with Gasteiger partial charge in [-0.25, -0.2) is 4.98 Å². The number of hydrogen-bond donors (Lipinski definition) is 1. The Hall–Kier alpha value is -2.99. The summed E-state index contributed by atoms with van der Waals surface area (Å²) in [5.74, 6) is 0.547. The SMILES string of the molecule is Cc1cc(C)cc(-n2ccnc2SCC(=O)N2CCc3[nH]c4ccccc4c3C2)c1. The minimum Gasteiger partial charge on any atom is -0.358 e. The van der Waals surface area contributed by atoms with Crippen molar-refractivity contribution in [1.29, 1.82) is 0 Å². The van der Waals surface area contributed by atoms with E-state index in [2.05, 4.69) is 64.8 Å². The molecule has 5 rings (SSSR count). The lowest BCUT2D eigenvalue weighted by molar-refractivity contribution is -0.129. The third kappa shape index (κ3) is 3.52. The van der Waals surface area contributed by atoms with E-state index in [1.165, 1.54) is 39.5 Å². The molecule has 2 aromatic heterocycles. The number of nitrogens with zero attached hydrogens (tertiary/aromatic N) is 3. The summed E-state index contributed by atoms with van der Waals surface area (Å²) in [5, 5.41) is 2.07. The van der Waals surface area contributed by atoms with Crippen LogP contribution >= 0.6 is 11.8 Å². The van der Waals surface area contributed by atoms with Crippen LogP contribution in [0.2, 0.25) is 0 Å². The second kappa shape index (κ2) is 7.69. The zero-order valence-electron chi connectivity index (χ0n) is 17.2. The van der Waals surface area contributed by atoms with Gasteiger partial charge >= 0.3 is 0 Å². The number of nitrogens with one attached hydrogen (secondary N) is 1. The Kier molecular flexibility index (Phi) is 4.87. The molecule has 0 fully saturated rings. The molecule has 0 saturated carbocycles. The minimum absolute atomic E-state index is 0.158. The Labute approximate surface area is 180 Å². The Morgan fingerprint density at radius 3 is 2.80 bits per heavy atom. The van der Waals surface area contributed by atoms with Gasteiger partial charge in [-0.1, -0.05) is 36.0 Å². The van der Waals surface area contributed by atoms with Crippen LogP contribution in [0.4, 0.5) is 0 Å². The van der Waals surface area contributed by atoms with Gasteiger partial charge in [0.25, 0.3) is 0 Å². The molecule has 0 unspecified atom stereocenters. The molecule has 0 atom stereocenters. The molecule has 1 amide bonds. The molecule has 0 radical (unpaired) electrons. The van der Waals surface area contributed by atoms with E-state index in [0.717, 1.165) is 29.3 Å². The quantitative estimate of drug-likeness (QED) is 0.493. The molecular weight excluding hydrogens is 392 g/mol. The maximum atomic E-state index is 13.0. The van der Waals surface area contributed by atoms with Gasteiger partial charge in [0.1, 0.15) is 0 Å². The van der Waals surface area contributed by atoms with Crippen molar-refractivity contribution in [1.82, 2.24) is 19.4 Å². The van der Waals surface area contributed by atoms with E-state index in [4.69, 9.17) is 0 Å². The summed E-state index contributed by atoms with van der Waals surface area (Å²) in [6.45, 7) is 5.62. The van der Waals surface area contributed by atoms with Gasteiger partial charge < -0.3 is 9.88 Å². The molecule has 0 bridgehead atoms. The van der Waals surface area contributed by atoms with Gasteiger partial charge in [-0.2, -0.15) is 0 Å². The Morgan fingerprint density at radius 2 is 1.97 bits per heavy atom. The second-order valence-electron chi connectivity index (χ2n) is 7.91. The molecule has 4 aromatic rings. The monoisotopic (exact) mass is 416 g/mol. The first-order chi connectivity index (χ1) is 14.6. The fourth-order valence-electron chi connectivity index (χ4n) is 4.28. The van der Waals surface area contributed by atoms with Crippen LogP contribution in [0.15, 0.2) is 60.0 Å². The van der Waals surface area contributed by atoms with Crippen LogP contribution in [-0.2, 0) is 17.8 Å². The van der Waals surface area contributed by atoms with E-state index in [0.29, 0.717) is 12.3 Å². The highest BCUT2D eigenvalue weighted by molar-refractivity contribution is 7.99. The fraction of sp³-hybridized carbons (Fsp3) is 0.250. The standard InChI is InChI=1S/C24H24N4OS/c1-16-11-17(2)13-18(12-16)28-10-8-25-24(28)30-15-23(29)27-9-7-22-20(14-27)19-5-3-4-6-21(19)26-22/h3-6,8,10-13,26H,7,9,14-15H2,1-2H3. The summed E-state index contributed by atoms with van der Waals surface area (Å²) < 4.78 is 2.06. The van der Waals surface area contributed by atoms with Gasteiger partial charge in [0.2, 0.25) is 5.91 Å². The largest absolute Gasteiger partial charge is 0.358 e. The number of fused-ring (bicyclic) bond motifs is 3. The maximum absolute atomic E-state index is 13.0.